The number of rotatable bonds is 6. The fourth-order valence-electron chi connectivity index (χ4n) is 2.83. The summed E-state index contributed by atoms with van der Waals surface area (Å²) < 4.78 is 11.0. The maximum absolute atomic E-state index is 12.8. The summed E-state index contributed by atoms with van der Waals surface area (Å²) in [6.07, 6.45) is 0. The second kappa shape index (κ2) is 8.88. The van der Waals surface area contributed by atoms with Crippen molar-refractivity contribution in [3.63, 3.8) is 0 Å². The van der Waals surface area contributed by atoms with Crippen LogP contribution in [-0.4, -0.2) is 42.0 Å². The van der Waals surface area contributed by atoms with Crippen molar-refractivity contribution < 1.29 is 29.3 Å². The Hall–Kier alpha value is -3.58. The number of carbonyl (C=O) groups excluding carboxylic acids is 1. The van der Waals surface area contributed by atoms with Crippen molar-refractivity contribution in [1.82, 2.24) is 5.32 Å². The highest BCUT2D eigenvalue weighted by Crippen LogP contribution is 2.35. The van der Waals surface area contributed by atoms with Gasteiger partial charge in [0.1, 0.15) is 5.57 Å². The number of hydrogen-bond donors (Lipinski definition) is 3. The molecule has 1 saturated heterocycles. The number of carboxylic acids is 1. The number of ether oxygens (including phenoxy) is 2. The first-order chi connectivity index (χ1) is 13.6. The lowest BCUT2D eigenvalue weighted by Crippen LogP contribution is -2.28. The molecule has 1 amide bonds. The van der Waals surface area contributed by atoms with Gasteiger partial charge in [-0.1, -0.05) is 60.7 Å². The van der Waals surface area contributed by atoms with E-state index in [2.05, 4.69) is 5.32 Å². The number of carboxylic acid groups (broad SMARTS) is 1. The fourth-order valence-corrected chi connectivity index (χ4v) is 2.83. The minimum atomic E-state index is -1.20. The van der Waals surface area contributed by atoms with Crippen LogP contribution in [0.1, 0.15) is 11.1 Å². The lowest BCUT2D eigenvalue weighted by atomic mass is 9.98. The summed E-state index contributed by atoms with van der Waals surface area (Å²) in [6, 6.07) is 17.2. The zero-order valence-corrected chi connectivity index (χ0v) is 14.9. The molecule has 3 N–H and O–H groups in total. The zero-order chi connectivity index (χ0) is 19.9. The third kappa shape index (κ3) is 4.05. The predicted octanol–water partition coefficient (Wildman–Crippen LogP) is 2.01. The molecule has 0 saturated carbocycles. The Morgan fingerprint density at radius 2 is 1.36 bits per heavy atom. The Balaban J connectivity index is 2.23. The van der Waals surface area contributed by atoms with Gasteiger partial charge in [0.05, 0.1) is 12.2 Å². The highest BCUT2D eigenvalue weighted by molar-refractivity contribution is 6.23. The van der Waals surface area contributed by atoms with Crippen LogP contribution in [0.4, 0.5) is 0 Å². The Morgan fingerprint density at radius 1 is 0.857 bits per heavy atom. The number of hydrogen-bond acceptors (Lipinski definition) is 5. The molecule has 1 aliphatic rings. The van der Waals surface area contributed by atoms with E-state index in [0.717, 1.165) is 0 Å². The van der Waals surface area contributed by atoms with Crippen LogP contribution in [0.15, 0.2) is 72.2 Å². The van der Waals surface area contributed by atoms with Crippen molar-refractivity contribution in [1.29, 1.82) is 0 Å². The molecule has 28 heavy (non-hydrogen) atoms. The van der Waals surface area contributed by atoms with Crippen molar-refractivity contribution in [2.24, 2.45) is 0 Å². The molecule has 144 valence electrons. The molecule has 0 radical (unpaired) electrons. The van der Waals surface area contributed by atoms with E-state index in [1.807, 2.05) is 0 Å². The number of benzene rings is 2. The van der Waals surface area contributed by atoms with E-state index in [1.54, 1.807) is 60.7 Å². The average Bonchev–Trinajstić information content (AvgIpc) is 3.17. The molecule has 2 aromatic rings. The van der Waals surface area contributed by atoms with E-state index < -0.39 is 11.9 Å². The SMILES string of the molecule is O=C(O)/C(=C1/OCO/C1=C(/C(=O)NCCO)c1ccccc1)c1ccccc1. The molecule has 1 fully saturated rings. The lowest BCUT2D eigenvalue weighted by Gasteiger charge is -2.12. The third-order valence-electron chi connectivity index (χ3n) is 4.03. The van der Waals surface area contributed by atoms with Gasteiger partial charge in [0.2, 0.25) is 6.79 Å². The zero-order valence-electron chi connectivity index (χ0n) is 14.9. The molecule has 3 rings (SSSR count). The Bertz CT molecular complexity index is 918. The number of aliphatic hydroxyl groups excluding tert-OH is 1. The van der Waals surface area contributed by atoms with Crippen LogP contribution < -0.4 is 5.32 Å². The van der Waals surface area contributed by atoms with Gasteiger partial charge >= 0.3 is 5.97 Å². The number of nitrogens with one attached hydrogen (secondary N) is 1. The Morgan fingerprint density at radius 3 is 1.86 bits per heavy atom. The van der Waals surface area contributed by atoms with Gasteiger partial charge in [-0.15, -0.1) is 0 Å². The van der Waals surface area contributed by atoms with Gasteiger partial charge in [0.15, 0.2) is 11.5 Å². The van der Waals surface area contributed by atoms with E-state index >= 15 is 0 Å². The molecule has 7 nitrogen and oxygen atoms in total. The minimum absolute atomic E-state index is 0.0169. The number of aliphatic carboxylic acids is 1. The quantitative estimate of drug-likeness (QED) is 0.661. The summed E-state index contributed by atoms with van der Waals surface area (Å²) in [7, 11) is 0. The largest absolute Gasteiger partial charge is 0.478 e. The first kappa shape index (κ1) is 19.2. The molecule has 0 unspecified atom stereocenters. The van der Waals surface area contributed by atoms with Crippen molar-refractivity contribution in [2.75, 3.05) is 19.9 Å². The number of carbonyl (C=O) groups is 2. The van der Waals surface area contributed by atoms with E-state index in [-0.39, 0.29) is 42.6 Å². The van der Waals surface area contributed by atoms with E-state index in [1.165, 1.54) is 0 Å². The maximum atomic E-state index is 12.8. The first-order valence-corrected chi connectivity index (χ1v) is 8.61. The van der Waals surface area contributed by atoms with Gasteiger partial charge in [-0.05, 0) is 11.1 Å². The average molecular weight is 381 g/mol. The predicted molar refractivity (Wildman–Crippen MR) is 101 cm³/mol. The minimum Gasteiger partial charge on any atom is -0.478 e. The van der Waals surface area contributed by atoms with Gasteiger partial charge in [0.25, 0.3) is 5.91 Å². The number of aliphatic hydroxyl groups is 1. The molecule has 0 aromatic heterocycles. The third-order valence-corrected chi connectivity index (χ3v) is 4.03. The van der Waals surface area contributed by atoms with Gasteiger partial charge < -0.3 is 25.0 Å². The lowest BCUT2D eigenvalue weighted by molar-refractivity contribution is -0.130. The molecule has 1 heterocycles. The van der Waals surface area contributed by atoms with E-state index in [0.29, 0.717) is 11.1 Å². The first-order valence-electron chi connectivity index (χ1n) is 8.61. The standard InChI is InChI=1S/C21H19NO6/c23-12-11-22-20(24)16(14-7-3-1-4-8-14)18-19(28-13-27-18)17(21(25)26)15-9-5-2-6-10-15/h1-10,23H,11-13H2,(H,22,24)(H,25,26)/b18-16+,19-17+. The van der Waals surface area contributed by atoms with Crippen LogP contribution in [-0.2, 0) is 19.1 Å². The summed E-state index contributed by atoms with van der Waals surface area (Å²) in [5.74, 6) is -1.68. The fraction of sp³-hybridized carbons (Fsp3) is 0.143. The Labute approximate surface area is 161 Å². The van der Waals surface area contributed by atoms with Gasteiger partial charge in [-0.2, -0.15) is 0 Å². The second-order valence-corrected chi connectivity index (χ2v) is 5.83. The normalized spacial score (nSPS) is 16.6. The smallest absolute Gasteiger partial charge is 0.340 e. The van der Waals surface area contributed by atoms with Crippen LogP contribution in [0.2, 0.25) is 0 Å². The van der Waals surface area contributed by atoms with E-state index in [4.69, 9.17) is 14.6 Å². The Kier molecular flexibility index (Phi) is 6.08. The molecule has 2 aromatic carbocycles. The molecular formula is C21H19NO6. The number of amides is 1. The van der Waals surface area contributed by atoms with Crippen LogP contribution in [0.25, 0.3) is 11.1 Å². The van der Waals surface area contributed by atoms with Crippen molar-refractivity contribution in [3.05, 3.63) is 83.3 Å². The second-order valence-electron chi connectivity index (χ2n) is 5.83. The van der Waals surface area contributed by atoms with Crippen molar-refractivity contribution in [2.45, 2.75) is 0 Å². The highest BCUT2D eigenvalue weighted by atomic mass is 16.7. The summed E-state index contributed by atoms with van der Waals surface area (Å²) >= 11 is 0. The summed E-state index contributed by atoms with van der Waals surface area (Å²) in [6.45, 7) is -0.391. The molecule has 0 spiro atoms. The van der Waals surface area contributed by atoms with Gasteiger partial charge in [-0.3, -0.25) is 4.79 Å². The van der Waals surface area contributed by atoms with Crippen LogP contribution >= 0.6 is 0 Å². The van der Waals surface area contributed by atoms with Crippen LogP contribution in [0.3, 0.4) is 0 Å². The van der Waals surface area contributed by atoms with E-state index in [9.17, 15) is 14.7 Å². The van der Waals surface area contributed by atoms with Crippen molar-refractivity contribution in [3.8, 4) is 0 Å². The molecule has 1 aliphatic heterocycles. The molecule has 0 bridgehead atoms. The van der Waals surface area contributed by atoms with Crippen molar-refractivity contribution >= 4 is 23.0 Å². The van der Waals surface area contributed by atoms with Gasteiger partial charge in [0, 0.05) is 6.54 Å². The molecule has 7 heteroatoms. The summed E-state index contributed by atoms with van der Waals surface area (Å²) in [5.41, 5.74) is 0.998. The molecule has 0 aliphatic carbocycles. The maximum Gasteiger partial charge on any atom is 0.340 e. The molecule has 0 atom stereocenters. The molecular weight excluding hydrogens is 362 g/mol. The van der Waals surface area contributed by atoms with Gasteiger partial charge in [-0.25, -0.2) is 4.79 Å². The highest BCUT2D eigenvalue weighted by Gasteiger charge is 2.32. The monoisotopic (exact) mass is 381 g/mol. The topological polar surface area (TPSA) is 105 Å². The summed E-state index contributed by atoms with van der Waals surface area (Å²) in [4.78, 5) is 24.8. The summed E-state index contributed by atoms with van der Waals surface area (Å²) in [5, 5.41) is 21.4. The van der Waals surface area contributed by atoms with Crippen LogP contribution in [0, 0.1) is 0 Å². The van der Waals surface area contributed by atoms with Crippen LogP contribution in [0.5, 0.6) is 0 Å².